The number of benzene rings is 1. The SMILES string of the molecule is CCS(=O)(=O)c1cc(-c2ccc(C(F)(F)F)cc2)cnc1-c1nc2cc(C(F)(F)F)ncc2n1C. The molecule has 0 aliphatic rings. The van der Waals surface area contributed by atoms with E-state index in [1.54, 1.807) is 0 Å². The Labute approximate surface area is 195 Å². The average molecular weight is 514 g/mol. The first kappa shape index (κ1) is 24.6. The number of imidazole rings is 1. The Morgan fingerprint density at radius 3 is 2.11 bits per heavy atom. The lowest BCUT2D eigenvalue weighted by atomic mass is 10.0. The van der Waals surface area contributed by atoms with E-state index in [1.165, 1.54) is 42.9 Å². The average Bonchev–Trinajstić information content (AvgIpc) is 3.13. The number of halogens is 6. The summed E-state index contributed by atoms with van der Waals surface area (Å²) in [4.78, 5) is 11.5. The summed E-state index contributed by atoms with van der Waals surface area (Å²) in [6.45, 7) is 1.40. The third-order valence-corrected chi connectivity index (χ3v) is 7.12. The number of pyridine rings is 2. The molecule has 13 heteroatoms. The van der Waals surface area contributed by atoms with Crippen molar-refractivity contribution in [1.29, 1.82) is 0 Å². The van der Waals surface area contributed by atoms with Gasteiger partial charge >= 0.3 is 12.4 Å². The summed E-state index contributed by atoms with van der Waals surface area (Å²) in [6.07, 6.45) is -6.97. The molecular weight excluding hydrogens is 498 g/mol. The molecule has 0 aliphatic heterocycles. The number of fused-ring (bicyclic) bond motifs is 1. The van der Waals surface area contributed by atoms with Crippen LogP contribution in [0.4, 0.5) is 26.3 Å². The van der Waals surface area contributed by atoms with Gasteiger partial charge in [-0.2, -0.15) is 26.3 Å². The van der Waals surface area contributed by atoms with Gasteiger partial charge in [0.1, 0.15) is 11.4 Å². The minimum absolute atomic E-state index is 0.00730. The standard InChI is InChI=1S/C22H16F6N4O2S/c1-3-35(33,34)17-8-13(12-4-6-14(7-5-12)21(23,24)25)10-30-19(17)20-31-15-9-18(22(26,27)28)29-11-16(15)32(20)2/h4-11H,3H2,1-2H3. The number of hydrogen-bond acceptors (Lipinski definition) is 5. The Kier molecular flexibility index (Phi) is 5.86. The van der Waals surface area contributed by atoms with E-state index < -0.39 is 33.4 Å². The van der Waals surface area contributed by atoms with Crippen LogP contribution in [0.5, 0.6) is 0 Å². The topological polar surface area (TPSA) is 77.7 Å². The third-order valence-electron chi connectivity index (χ3n) is 5.38. The zero-order chi connectivity index (χ0) is 25.8. The molecule has 184 valence electrons. The monoisotopic (exact) mass is 514 g/mol. The molecule has 0 amide bonds. The minimum Gasteiger partial charge on any atom is -0.324 e. The molecule has 0 atom stereocenters. The summed E-state index contributed by atoms with van der Waals surface area (Å²) in [7, 11) is -2.44. The highest BCUT2D eigenvalue weighted by Gasteiger charge is 2.33. The van der Waals surface area contributed by atoms with Crippen LogP contribution in [0, 0.1) is 0 Å². The van der Waals surface area contributed by atoms with Gasteiger partial charge in [0, 0.05) is 18.8 Å². The fraction of sp³-hybridized carbons (Fsp3) is 0.227. The van der Waals surface area contributed by atoms with Crippen molar-refractivity contribution in [1.82, 2.24) is 19.5 Å². The van der Waals surface area contributed by atoms with Crippen LogP contribution in [0.15, 0.2) is 53.7 Å². The Balaban J connectivity index is 1.88. The number of nitrogens with zero attached hydrogens (tertiary/aromatic N) is 4. The van der Waals surface area contributed by atoms with E-state index in [4.69, 9.17) is 0 Å². The summed E-state index contributed by atoms with van der Waals surface area (Å²) < 4.78 is 105. The van der Waals surface area contributed by atoms with Gasteiger partial charge in [0.15, 0.2) is 15.7 Å². The number of hydrogen-bond donors (Lipinski definition) is 0. The molecule has 4 aromatic rings. The van der Waals surface area contributed by atoms with Crippen molar-refractivity contribution in [2.24, 2.45) is 7.05 Å². The normalized spacial score (nSPS) is 12.9. The van der Waals surface area contributed by atoms with Crippen molar-refractivity contribution < 1.29 is 34.8 Å². The Morgan fingerprint density at radius 1 is 0.886 bits per heavy atom. The molecule has 0 radical (unpaired) electrons. The second-order valence-corrected chi connectivity index (χ2v) is 9.85. The Bertz CT molecular complexity index is 1520. The van der Waals surface area contributed by atoms with Gasteiger partial charge in [0.05, 0.1) is 33.4 Å². The first-order valence-corrected chi connectivity index (χ1v) is 11.7. The lowest BCUT2D eigenvalue weighted by molar-refractivity contribution is -0.141. The molecular formula is C22H16F6N4O2S. The van der Waals surface area contributed by atoms with E-state index in [9.17, 15) is 34.8 Å². The maximum atomic E-state index is 13.1. The number of aromatic nitrogens is 4. The fourth-order valence-electron chi connectivity index (χ4n) is 3.47. The highest BCUT2D eigenvalue weighted by Crippen LogP contribution is 2.35. The quantitative estimate of drug-likeness (QED) is 0.335. The summed E-state index contributed by atoms with van der Waals surface area (Å²) in [5.74, 6) is -0.325. The molecule has 0 aliphatic carbocycles. The Morgan fingerprint density at radius 2 is 1.54 bits per heavy atom. The lowest BCUT2D eigenvalue weighted by Gasteiger charge is -2.12. The van der Waals surface area contributed by atoms with Crippen molar-refractivity contribution in [3.63, 3.8) is 0 Å². The molecule has 0 saturated heterocycles. The summed E-state index contributed by atoms with van der Waals surface area (Å²) in [5, 5.41) is 0. The molecule has 0 bridgehead atoms. The molecule has 0 saturated carbocycles. The van der Waals surface area contributed by atoms with Crippen molar-refractivity contribution in [3.8, 4) is 22.6 Å². The lowest BCUT2D eigenvalue weighted by Crippen LogP contribution is -2.09. The minimum atomic E-state index is -4.69. The van der Waals surface area contributed by atoms with Gasteiger partial charge in [-0.25, -0.2) is 18.4 Å². The van der Waals surface area contributed by atoms with Gasteiger partial charge in [0.2, 0.25) is 0 Å². The van der Waals surface area contributed by atoms with Gasteiger partial charge in [-0.1, -0.05) is 19.1 Å². The van der Waals surface area contributed by atoms with Crippen molar-refractivity contribution in [2.45, 2.75) is 24.2 Å². The second-order valence-electron chi connectivity index (χ2n) is 7.60. The maximum Gasteiger partial charge on any atom is 0.433 e. The molecule has 0 spiro atoms. The first-order valence-electron chi connectivity index (χ1n) is 10.0. The van der Waals surface area contributed by atoms with Gasteiger partial charge in [-0.15, -0.1) is 0 Å². The third kappa shape index (κ3) is 4.59. The predicted octanol–water partition coefficient (Wildman–Crippen LogP) is 5.53. The highest BCUT2D eigenvalue weighted by molar-refractivity contribution is 7.91. The van der Waals surface area contributed by atoms with Gasteiger partial charge in [-0.3, -0.25) is 4.98 Å². The van der Waals surface area contributed by atoms with Gasteiger partial charge in [-0.05, 0) is 29.8 Å². The van der Waals surface area contributed by atoms with Crippen molar-refractivity contribution in [3.05, 3.63) is 60.0 Å². The smallest absolute Gasteiger partial charge is 0.324 e. The molecule has 6 nitrogen and oxygen atoms in total. The predicted molar refractivity (Wildman–Crippen MR) is 115 cm³/mol. The van der Waals surface area contributed by atoms with Crippen LogP contribution in [-0.4, -0.2) is 33.7 Å². The molecule has 0 N–H and O–H groups in total. The largest absolute Gasteiger partial charge is 0.433 e. The fourth-order valence-corrected chi connectivity index (χ4v) is 4.53. The van der Waals surface area contributed by atoms with E-state index >= 15 is 0 Å². The van der Waals surface area contributed by atoms with Crippen LogP contribution < -0.4 is 0 Å². The van der Waals surface area contributed by atoms with Gasteiger partial charge < -0.3 is 4.57 Å². The van der Waals surface area contributed by atoms with Crippen LogP contribution in [-0.2, 0) is 29.2 Å². The molecule has 0 unspecified atom stereocenters. The number of alkyl halides is 6. The Hall–Kier alpha value is -3.48. The van der Waals surface area contributed by atoms with Crippen molar-refractivity contribution >= 4 is 20.9 Å². The zero-order valence-corrected chi connectivity index (χ0v) is 18.9. The van der Waals surface area contributed by atoms with E-state index in [2.05, 4.69) is 15.0 Å². The molecule has 4 rings (SSSR count). The molecule has 3 aromatic heterocycles. The van der Waals surface area contributed by atoms with Crippen molar-refractivity contribution in [2.75, 3.05) is 5.75 Å². The molecule has 35 heavy (non-hydrogen) atoms. The summed E-state index contributed by atoms with van der Waals surface area (Å²) in [5.41, 5.74) is -1.40. The summed E-state index contributed by atoms with van der Waals surface area (Å²) in [6, 6.07) is 6.15. The van der Waals surface area contributed by atoms with Crippen LogP contribution in [0.2, 0.25) is 0 Å². The molecule has 3 heterocycles. The summed E-state index contributed by atoms with van der Waals surface area (Å²) >= 11 is 0. The van der Waals surface area contributed by atoms with E-state index in [0.717, 1.165) is 24.4 Å². The number of sulfone groups is 1. The van der Waals surface area contributed by atoms with Crippen LogP contribution >= 0.6 is 0 Å². The van der Waals surface area contributed by atoms with E-state index in [-0.39, 0.29) is 38.8 Å². The van der Waals surface area contributed by atoms with Crippen LogP contribution in [0.25, 0.3) is 33.7 Å². The first-order chi connectivity index (χ1) is 16.2. The highest BCUT2D eigenvalue weighted by atomic mass is 32.2. The van der Waals surface area contributed by atoms with E-state index in [0.29, 0.717) is 5.56 Å². The van der Waals surface area contributed by atoms with E-state index in [1.807, 2.05) is 0 Å². The number of aryl methyl sites for hydroxylation is 1. The maximum absolute atomic E-state index is 13.1. The van der Waals surface area contributed by atoms with Gasteiger partial charge in [0.25, 0.3) is 0 Å². The second kappa shape index (κ2) is 8.33. The van der Waals surface area contributed by atoms with Crippen LogP contribution in [0.3, 0.4) is 0 Å². The molecule has 0 fully saturated rings. The zero-order valence-electron chi connectivity index (χ0n) is 18.1. The molecule has 1 aromatic carbocycles. The van der Waals surface area contributed by atoms with Crippen LogP contribution in [0.1, 0.15) is 18.2 Å². The number of rotatable bonds is 4.